The first-order valence-corrected chi connectivity index (χ1v) is 11.1. The Morgan fingerprint density at radius 2 is 2.00 bits per heavy atom. The molecule has 1 amide bonds. The molecule has 1 aliphatic heterocycles. The minimum absolute atomic E-state index is 0.101. The van der Waals surface area contributed by atoms with Gasteiger partial charge in [-0.3, -0.25) is 9.10 Å². The predicted molar refractivity (Wildman–Crippen MR) is 107 cm³/mol. The lowest BCUT2D eigenvalue weighted by atomic mass is 10.0. The quantitative estimate of drug-likeness (QED) is 0.778. The number of hydrogen-bond donors (Lipinski definition) is 1. The third-order valence-electron chi connectivity index (χ3n) is 4.86. The van der Waals surface area contributed by atoms with E-state index in [9.17, 15) is 13.2 Å². The van der Waals surface area contributed by atoms with Gasteiger partial charge >= 0.3 is 0 Å². The smallest absolute Gasteiger partial charge is 0.264 e. The van der Waals surface area contributed by atoms with Gasteiger partial charge in [0, 0.05) is 12.6 Å². The summed E-state index contributed by atoms with van der Waals surface area (Å²) in [6.07, 6.45) is 3.62. The van der Waals surface area contributed by atoms with Crippen molar-refractivity contribution in [3.05, 3.63) is 53.1 Å². The van der Waals surface area contributed by atoms with Crippen LogP contribution in [0, 0.1) is 0 Å². The maximum Gasteiger partial charge on any atom is 0.264 e. The van der Waals surface area contributed by atoms with Gasteiger partial charge in [-0.05, 0) is 55.5 Å². The van der Waals surface area contributed by atoms with E-state index in [1.807, 2.05) is 24.3 Å². The number of anilines is 1. The van der Waals surface area contributed by atoms with Crippen molar-refractivity contribution in [2.75, 3.05) is 17.5 Å². The van der Waals surface area contributed by atoms with Crippen LogP contribution in [0.4, 0.5) is 5.69 Å². The topological polar surface area (TPSA) is 75.7 Å². The van der Waals surface area contributed by atoms with Gasteiger partial charge in [0.25, 0.3) is 15.9 Å². The standard InChI is InChI=1S/C20H21ClN2O4S/c21-17-12-16(9-10-19(17)27-13-20(24)22-15-7-8-15)28(25,26)23-11-3-5-14-4-1-2-6-18(14)23/h1-2,4,6,9-10,12,15H,3,5,7-8,11,13H2,(H,22,24). The molecule has 8 heteroatoms. The second-order valence-corrected chi connectivity index (χ2v) is 9.30. The number of nitrogens with one attached hydrogen (secondary N) is 1. The third kappa shape index (κ3) is 3.95. The Labute approximate surface area is 169 Å². The van der Waals surface area contributed by atoms with E-state index < -0.39 is 10.0 Å². The van der Waals surface area contributed by atoms with E-state index in [0.717, 1.165) is 31.2 Å². The van der Waals surface area contributed by atoms with Crippen molar-refractivity contribution in [2.45, 2.75) is 36.6 Å². The Balaban J connectivity index is 1.52. The number of para-hydroxylation sites is 1. The molecule has 0 bridgehead atoms. The Kier molecular flexibility index (Phi) is 5.21. The van der Waals surface area contributed by atoms with Gasteiger partial charge in [0.2, 0.25) is 0 Å². The molecule has 0 unspecified atom stereocenters. The van der Waals surface area contributed by atoms with Crippen LogP contribution >= 0.6 is 11.6 Å². The maximum absolute atomic E-state index is 13.2. The molecule has 0 radical (unpaired) electrons. The zero-order chi connectivity index (χ0) is 19.7. The fraction of sp³-hybridized carbons (Fsp3) is 0.350. The minimum Gasteiger partial charge on any atom is -0.482 e. The summed E-state index contributed by atoms with van der Waals surface area (Å²) >= 11 is 6.24. The number of rotatable bonds is 6. The molecule has 2 aromatic carbocycles. The number of carbonyl (C=O) groups excluding carboxylic acids is 1. The van der Waals surface area contributed by atoms with Gasteiger partial charge in [-0.25, -0.2) is 8.42 Å². The number of benzene rings is 2. The number of fused-ring (bicyclic) bond motifs is 1. The van der Waals surface area contributed by atoms with Crippen LogP contribution in [0.25, 0.3) is 0 Å². The predicted octanol–water partition coefficient (Wildman–Crippen LogP) is 3.14. The van der Waals surface area contributed by atoms with Gasteiger partial charge in [0.05, 0.1) is 15.6 Å². The van der Waals surface area contributed by atoms with Crippen molar-refractivity contribution in [1.29, 1.82) is 0 Å². The maximum atomic E-state index is 13.2. The van der Waals surface area contributed by atoms with Crippen molar-refractivity contribution in [1.82, 2.24) is 5.32 Å². The molecule has 1 heterocycles. The number of amides is 1. The summed E-state index contributed by atoms with van der Waals surface area (Å²) in [6.45, 7) is 0.276. The fourth-order valence-corrected chi connectivity index (χ4v) is 5.14. The Hall–Kier alpha value is -2.25. The molecule has 0 spiro atoms. The summed E-state index contributed by atoms with van der Waals surface area (Å²) in [5, 5.41) is 2.98. The molecule has 2 aromatic rings. The van der Waals surface area contributed by atoms with Gasteiger partial charge in [0.1, 0.15) is 5.75 Å². The van der Waals surface area contributed by atoms with Crippen LogP contribution in [-0.2, 0) is 21.2 Å². The Morgan fingerprint density at radius 3 is 2.75 bits per heavy atom. The summed E-state index contributed by atoms with van der Waals surface area (Å²) in [5.41, 5.74) is 1.73. The highest BCUT2D eigenvalue weighted by molar-refractivity contribution is 7.92. The normalized spacial score (nSPS) is 16.4. The molecule has 4 rings (SSSR count). The van der Waals surface area contributed by atoms with E-state index in [1.165, 1.54) is 22.5 Å². The van der Waals surface area contributed by atoms with Gasteiger partial charge < -0.3 is 10.1 Å². The highest BCUT2D eigenvalue weighted by atomic mass is 35.5. The van der Waals surface area contributed by atoms with Crippen molar-refractivity contribution < 1.29 is 17.9 Å². The molecule has 1 fully saturated rings. The summed E-state index contributed by atoms with van der Waals surface area (Å²) in [6, 6.07) is 12.1. The molecule has 2 aliphatic rings. The monoisotopic (exact) mass is 420 g/mol. The van der Waals surface area contributed by atoms with E-state index in [2.05, 4.69) is 5.32 Å². The first kappa shape index (κ1) is 19.1. The van der Waals surface area contributed by atoms with E-state index in [-0.39, 0.29) is 34.2 Å². The molecular weight excluding hydrogens is 400 g/mol. The molecule has 1 saturated carbocycles. The number of aryl methyl sites for hydroxylation is 1. The largest absolute Gasteiger partial charge is 0.482 e. The van der Waals surface area contributed by atoms with Crippen LogP contribution in [0.3, 0.4) is 0 Å². The highest BCUT2D eigenvalue weighted by Gasteiger charge is 2.29. The Morgan fingerprint density at radius 1 is 1.21 bits per heavy atom. The molecule has 1 N–H and O–H groups in total. The molecule has 6 nitrogen and oxygen atoms in total. The molecular formula is C20H21ClN2O4S. The number of carbonyl (C=O) groups is 1. The van der Waals surface area contributed by atoms with Crippen molar-refractivity contribution in [2.24, 2.45) is 0 Å². The highest BCUT2D eigenvalue weighted by Crippen LogP contribution is 2.34. The van der Waals surface area contributed by atoms with Crippen molar-refractivity contribution >= 4 is 33.2 Å². The SMILES string of the molecule is O=C(COc1ccc(S(=O)(=O)N2CCCc3ccccc32)cc1Cl)NC1CC1. The molecule has 0 saturated heterocycles. The molecule has 28 heavy (non-hydrogen) atoms. The van der Waals surface area contributed by atoms with Crippen LogP contribution in [0.2, 0.25) is 5.02 Å². The lowest BCUT2D eigenvalue weighted by Crippen LogP contribution is -2.35. The number of halogens is 1. The summed E-state index contributed by atoms with van der Waals surface area (Å²) < 4.78 is 33.2. The van der Waals surface area contributed by atoms with Crippen LogP contribution in [0.1, 0.15) is 24.8 Å². The number of ether oxygens (including phenoxy) is 1. The first-order chi connectivity index (χ1) is 13.4. The zero-order valence-corrected chi connectivity index (χ0v) is 16.8. The molecule has 0 aromatic heterocycles. The van der Waals surface area contributed by atoms with Crippen LogP contribution in [0.5, 0.6) is 5.75 Å². The lowest BCUT2D eigenvalue weighted by Gasteiger charge is -2.30. The summed E-state index contributed by atoms with van der Waals surface area (Å²) in [4.78, 5) is 11.8. The second-order valence-electron chi connectivity index (χ2n) is 7.03. The third-order valence-corrected chi connectivity index (χ3v) is 6.96. The van der Waals surface area contributed by atoms with Crippen molar-refractivity contribution in [3.8, 4) is 5.75 Å². The van der Waals surface area contributed by atoms with Crippen molar-refractivity contribution in [3.63, 3.8) is 0 Å². The first-order valence-electron chi connectivity index (χ1n) is 9.27. The van der Waals surface area contributed by atoms with Gasteiger partial charge in [-0.15, -0.1) is 0 Å². The van der Waals surface area contributed by atoms with Gasteiger partial charge in [0.15, 0.2) is 6.61 Å². The van der Waals surface area contributed by atoms with E-state index >= 15 is 0 Å². The van der Waals surface area contributed by atoms with E-state index in [4.69, 9.17) is 16.3 Å². The van der Waals surface area contributed by atoms with Crippen LogP contribution < -0.4 is 14.4 Å². The summed E-state index contributed by atoms with van der Waals surface area (Å²) in [5.74, 6) is 0.0748. The lowest BCUT2D eigenvalue weighted by molar-refractivity contribution is -0.123. The Bertz CT molecular complexity index is 1010. The van der Waals surface area contributed by atoms with Crippen LogP contribution in [0.15, 0.2) is 47.4 Å². The summed E-state index contributed by atoms with van der Waals surface area (Å²) in [7, 11) is -3.74. The molecule has 1 aliphatic carbocycles. The van der Waals surface area contributed by atoms with E-state index in [1.54, 1.807) is 0 Å². The fourth-order valence-electron chi connectivity index (χ4n) is 3.28. The van der Waals surface area contributed by atoms with Crippen LogP contribution in [-0.4, -0.2) is 33.5 Å². The number of nitrogens with zero attached hydrogens (tertiary/aromatic N) is 1. The second kappa shape index (κ2) is 7.64. The zero-order valence-electron chi connectivity index (χ0n) is 15.2. The molecule has 148 valence electrons. The average Bonchev–Trinajstić information content (AvgIpc) is 3.50. The van der Waals surface area contributed by atoms with Gasteiger partial charge in [-0.2, -0.15) is 0 Å². The number of hydrogen-bond acceptors (Lipinski definition) is 4. The number of sulfonamides is 1. The minimum atomic E-state index is -3.74. The average molecular weight is 421 g/mol. The van der Waals surface area contributed by atoms with Gasteiger partial charge in [-0.1, -0.05) is 29.8 Å². The van der Waals surface area contributed by atoms with E-state index in [0.29, 0.717) is 12.2 Å². The molecule has 0 atom stereocenters.